The van der Waals surface area contributed by atoms with Crippen LogP contribution in [-0.4, -0.2) is 11.6 Å². The fourth-order valence-electron chi connectivity index (χ4n) is 1.73. The Bertz CT molecular complexity index is 651. The summed E-state index contributed by atoms with van der Waals surface area (Å²) in [6.45, 7) is 1.75. The maximum Gasteiger partial charge on any atom is 0.244 e. The quantitative estimate of drug-likeness (QED) is 0.681. The SMILES string of the molecule is C/C(=N\NC(=O)Cc1ccc(Cl)cc1)c1ccc(F)cc1. The highest BCUT2D eigenvalue weighted by Crippen LogP contribution is 2.10. The molecule has 1 amide bonds. The van der Waals surface area contributed by atoms with E-state index < -0.39 is 0 Å². The van der Waals surface area contributed by atoms with Gasteiger partial charge in [0, 0.05) is 5.02 Å². The number of hydrogen-bond donors (Lipinski definition) is 1. The van der Waals surface area contributed by atoms with Gasteiger partial charge in [-0.2, -0.15) is 5.10 Å². The summed E-state index contributed by atoms with van der Waals surface area (Å²) in [5.41, 5.74) is 4.70. The zero-order chi connectivity index (χ0) is 15.2. The van der Waals surface area contributed by atoms with Gasteiger partial charge in [-0.05, 0) is 42.3 Å². The molecule has 0 aromatic heterocycles. The fraction of sp³-hybridized carbons (Fsp3) is 0.125. The van der Waals surface area contributed by atoms with E-state index in [4.69, 9.17) is 11.6 Å². The Hall–Kier alpha value is -2.20. The second-order valence-corrected chi connectivity index (χ2v) is 4.98. The van der Waals surface area contributed by atoms with Crippen molar-refractivity contribution < 1.29 is 9.18 Å². The summed E-state index contributed by atoms with van der Waals surface area (Å²) in [5, 5.41) is 4.64. The first kappa shape index (κ1) is 15.2. The van der Waals surface area contributed by atoms with Crippen LogP contribution >= 0.6 is 11.6 Å². The molecular weight excluding hydrogens is 291 g/mol. The molecule has 0 bridgehead atoms. The summed E-state index contributed by atoms with van der Waals surface area (Å²) in [6.07, 6.45) is 0.220. The molecule has 0 aliphatic rings. The van der Waals surface area contributed by atoms with Crippen LogP contribution in [-0.2, 0) is 11.2 Å². The van der Waals surface area contributed by atoms with E-state index in [1.54, 1.807) is 43.3 Å². The van der Waals surface area contributed by atoms with Crippen LogP contribution in [0.15, 0.2) is 53.6 Å². The van der Waals surface area contributed by atoms with Crippen molar-refractivity contribution in [3.8, 4) is 0 Å². The highest BCUT2D eigenvalue weighted by atomic mass is 35.5. The molecule has 0 unspecified atom stereocenters. The number of hydrazone groups is 1. The summed E-state index contributed by atoms with van der Waals surface area (Å²) >= 11 is 5.78. The number of amides is 1. The third-order valence-electron chi connectivity index (χ3n) is 2.89. The molecule has 0 aliphatic heterocycles. The lowest BCUT2D eigenvalue weighted by Gasteiger charge is -2.03. The highest BCUT2D eigenvalue weighted by Gasteiger charge is 2.03. The summed E-state index contributed by atoms with van der Waals surface area (Å²) in [5.74, 6) is -0.530. The molecule has 0 spiro atoms. The first-order chi connectivity index (χ1) is 10.0. The Kier molecular flexibility index (Phi) is 5.06. The summed E-state index contributed by atoms with van der Waals surface area (Å²) < 4.78 is 12.8. The number of hydrogen-bond acceptors (Lipinski definition) is 2. The Morgan fingerprint density at radius 3 is 2.38 bits per heavy atom. The van der Waals surface area contributed by atoms with Crippen LogP contribution in [0.5, 0.6) is 0 Å². The van der Waals surface area contributed by atoms with Crippen molar-refractivity contribution in [1.29, 1.82) is 0 Å². The number of nitrogens with zero attached hydrogens (tertiary/aromatic N) is 1. The molecule has 0 heterocycles. The summed E-state index contributed by atoms with van der Waals surface area (Å²) in [4.78, 5) is 11.8. The van der Waals surface area contributed by atoms with Crippen LogP contribution in [0.4, 0.5) is 4.39 Å². The average Bonchev–Trinajstić information content (AvgIpc) is 2.48. The Balaban J connectivity index is 1.94. The van der Waals surface area contributed by atoms with E-state index in [-0.39, 0.29) is 18.1 Å². The van der Waals surface area contributed by atoms with Crippen molar-refractivity contribution >= 4 is 23.2 Å². The molecule has 2 aromatic rings. The Labute approximate surface area is 127 Å². The van der Waals surface area contributed by atoms with Crippen molar-refractivity contribution in [2.45, 2.75) is 13.3 Å². The Morgan fingerprint density at radius 1 is 1.14 bits per heavy atom. The van der Waals surface area contributed by atoms with Crippen LogP contribution in [0.25, 0.3) is 0 Å². The lowest BCUT2D eigenvalue weighted by molar-refractivity contribution is -0.120. The topological polar surface area (TPSA) is 41.5 Å². The van der Waals surface area contributed by atoms with Gasteiger partial charge in [0.15, 0.2) is 0 Å². The number of benzene rings is 2. The Morgan fingerprint density at radius 2 is 1.76 bits per heavy atom. The van der Waals surface area contributed by atoms with Crippen LogP contribution < -0.4 is 5.43 Å². The molecule has 21 heavy (non-hydrogen) atoms. The molecule has 2 rings (SSSR count). The number of rotatable bonds is 4. The van der Waals surface area contributed by atoms with E-state index in [0.29, 0.717) is 10.7 Å². The minimum Gasteiger partial charge on any atom is -0.273 e. The summed E-state index contributed by atoms with van der Waals surface area (Å²) in [6, 6.07) is 13.0. The molecule has 3 nitrogen and oxygen atoms in total. The first-order valence-electron chi connectivity index (χ1n) is 6.38. The largest absolute Gasteiger partial charge is 0.273 e. The minimum atomic E-state index is -0.307. The maximum absolute atomic E-state index is 12.8. The smallest absolute Gasteiger partial charge is 0.244 e. The van der Waals surface area contributed by atoms with Crippen molar-refractivity contribution in [1.82, 2.24) is 5.43 Å². The first-order valence-corrected chi connectivity index (χ1v) is 6.76. The van der Waals surface area contributed by atoms with Crippen LogP contribution in [0, 0.1) is 5.82 Å². The van der Waals surface area contributed by atoms with Crippen molar-refractivity contribution in [3.63, 3.8) is 0 Å². The van der Waals surface area contributed by atoms with Gasteiger partial charge in [0.2, 0.25) is 5.91 Å². The number of halogens is 2. The van der Waals surface area contributed by atoms with E-state index in [9.17, 15) is 9.18 Å². The molecule has 0 atom stereocenters. The van der Waals surface area contributed by atoms with E-state index in [1.807, 2.05) is 0 Å². The monoisotopic (exact) mass is 304 g/mol. The number of carbonyl (C=O) groups excluding carboxylic acids is 1. The zero-order valence-corrected chi connectivity index (χ0v) is 12.2. The third kappa shape index (κ3) is 4.68. The van der Waals surface area contributed by atoms with Gasteiger partial charge in [-0.15, -0.1) is 0 Å². The van der Waals surface area contributed by atoms with Crippen molar-refractivity contribution in [2.75, 3.05) is 0 Å². The lowest BCUT2D eigenvalue weighted by Crippen LogP contribution is -2.21. The van der Waals surface area contributed by atoms with Crippen LogP contribution in [0.2, 0.25) is 5.02 Å². The normalized spacial score (nSPS) is 11.3. The molecule has 5 heteroatoms. The van der Waals surface area contributed by atoms with Crippen LogP contribution in [0.3, 0.4) is 0 Å². The van der Waals surface area contributed by atoms with Gasteiger partial charge in [-0.25, -0.2) is 9.82 Å². The number of nitrogens with one attached hydrogen (secondary N) is 1. The zero-order valence-electron chi connectivity index (χ0n) is 11.4. The molecule has 0 fully saturated rings. The predicted molar refractivity (Wildman–Crippen MR) is 81.9 cm³/mol. The molecule has 0 radical (unpaired) electrons. The van der Waals surface area contributed by atoms with E-state index >= 15 is 0 Å². The molecular formula is C16H14ClFN2O. The van der Waals surface area contributed by atoms with Gasteiger partial charge in [-0.3, -0.25) is 4.79 Å². The van der Waals surface area contributed by atoms with Gasteiger partial charge >= 0.3 is 0 Å². The number of carbonyl (C=O) groups is 1. The molecule has 2 aromatic carbocycles. The summed E-state index contributed by atoms with van der Waals surface area (Å²) in [7, 11) is 0. The second-order valence-electron chi connectivity index (χ2n) is 4.54. The molecule has 1 N–H and O–H groups in total. The van der Waals surface area contributed by atoms with E-state index in [1.165, 1.54) is 12.1 Å². The van der Waals surface area contributed by atoms with Crippen molar-refractivity contribution in [2.24, 2.45) is 5.10 Å². The van der Waals surface area contributed by atoms with Crippen molar-refractivity contribution in [3.05, 3.63) is 70.5 Å². The molecule has 0 saturated heterocycles. The average molecular weight is 305 g/mol. The predicted octanol–water partition coefficient (Wildman–Crippen LogP) is 3.56. The standard InChI is InChI=1S/C16H14ClFN2O/c1-11(13-4-8-15(18)9-5-13)19-20-16(21)10-12-2-6-14(17)7-3-12/h2-9H,10H2,1H3,(H,20,21)/b19-11+. The minimum absolute atomic E-state index is 0.220. The second kappa shape index (κ2) is 6.99. The van der Waals surface area contributed by atoms with Gasteiger partial charge in [0.05, 0.1) is 12.1 Å². The maximum atomic E-state index is 12.8. The van der Waals surface area contributed by atoms with Gasteiger partial charge in [0.1, 0.15) is 5.82 Å². The van der Waals surface area contributed by atoms with Gasteiger partial charge in [-0.1, -0.05) is 35.9 Å². The van der Waals surface area contributed by atoms with Crippen LogP contribution in [0.1, 0.15) is 18.1 Å². The molecule has 108 valence electrons. The fourth-order valence-corrected chi connectivity index (χ4v) is 1.86. The molecule has 0 aliphatic carbocycles. The van der Waals surface area contributed by atoms with Gasteiger partial charge in [0.25, 0.3) is 0 Å². The van der Waals surface area contributed by atoms with E-state index in [0.717, 1.165) is 11.1 Å². The highest BCUT2D eigenvalue weighted by molar-refractivity contribution is 6.30. The van der Waals surface area contributed by atoms with Gasteiger partial charge < -0.3 is 0 Å². The lowest BCUT2D eigenvalue weighted by atomic mass is 10.1. The third-order valence-corrected chi connectivity index (χ3v) is 3.14. The molecule has 0 saturated carbocycles. The van der Waals surface area contributed by atoms with E-state index in [2.05, 4.69) is 10.5 Å².